The zero-order valence-electron chi connectivity index (χ0n) is 12.9. The number of carbonyl (C=O) groups is 1. The van der Waals surface area contributed by atoms with Crippen molar-refractivity contribution in [2.75, 3.05) is 13.1 Å². The average molecular weight is 313 g/mol. The molecule has 1 saturated heterocycles. The summed E-state index contributed by atoms with van der Waals surface area (Å²) in [5.41, 5.74) is 1.22. The summed E-state index contributed by atoms with van der Waals surface area (Å²) in [6.45, 7) is 7.89. The van der Waals surface area contributed by atoms with Crippen LogP contribution in [0.3, 0.4) is 0 Å². The van der Waals surface area contributed by atoms with Gasteiger partial charge in [-0.15, -0.1) is 12.4 Å². The molecule has 0 saturated carbocycles. The Morgan fingerprint density at radius 2 is 2.14 bits per heavy atom. The van der Waals surface area contributed by atoms with Crippen molar-refractivity contribution in [3.05, 3.63) is 29.8 Å². The Bertz CT molecular complexity index is 459. The monoisotopic (exact) mass is 312 g/mol. The number of amides is 1. The van der Waals surface area contributed by atoms with E-state index in [2.05, 4.69) is 30.5 Å². The number of hydrogen-bond donors (Lipinski definition) is 2. The average Bonchev–Trinajstić information content (AvgIpc) is 2.91. The minimum Gasteiger partial charge on any atom is -0.481 e. The Balaban J connectivity index is 0.00000220. The maximum absolute atomic E-state index is 12.1. The van der Waals surface area contributed by atoms with Crippen LogP contribution >= 0.6 is 12.4 Å². The van der Waals surface area contributed by atoms with Crippen molar-refractivity contribution >= 4 is 18.3 Å². The van der Waals surface area contributed by atoms with E-state index in [9.17, 15) is 4.79 Å². The summed E-state index contributed by atoms with van der Waals surface area (Å²) in [5, 5.41) is 6.24. The van der Waals surface area contributed by atoms with Crippen LogP contribution in [0.25, 0.3) is 0 Å². The molecule has 1 aromatic rings. The van der Waals surface area contributed by atoms with Crippen molar-refractivity contribution < 1.29 is 9.53 Å². The number of carbonyl (C=O) groups excluding carboxylic acids is 1. The van der Waals surface area contributed by atoms with Crippen molar-refractivity contribution in [2.45, 2.75) is 45.3 Å². The molecule has 118 valence electrons. The van der Waals surface area contributed by atoms with Crippen LogP contribution in [0.4, 0.5) is 0 Å². The van der Waals surface area contributed by atoms with Gasteiger partial charge in [0.2, 0.25) is 0 Å². The van der Waals surface area contributed by atoms with E-state index in [1.807, 2.05) is 18.2 Å². The molecule has 2 unspecified atom stereocenters. The van der Waals surface area contributed by atoms with Crippen LogP contribution in [0.1, 0.15) is 38.7 Å². The number of benzene rings is 1. The van der Waals surface area contributed by atoms with E-state index in [4.69, 9.17) is 4.74 Å². The molecule has 1 heterocycles. The largest absolute Gasteiger partial charge is 0.481 e. The first-order chi connectivity index (χ1) is 9.56. The number of nitrogens with one attached hydrogen (secondary N) is 2. The number of rotatable bonds is 5. The van der Waals surface area contributed by atoms with Gasteiger partial charge in [0.25, 0.3) is 5.91 Å². The SMILES string of the molecule is CC(Oc1cccc(C(C)C)c1)C(=O)NC1CCNC1.Cl. The predicted octanol–water partition coefficient (Wildman–Crippen LogP) is 2.48. The van der Waals surface area contributed by atoms with E-state index in [0.29, 0.717) is 5.92 Å². The lowest BCUT2D eigenvalue weighted by molar-refractivity contribution is -0.127. The summed E-state index contributed by atoms with van der Waals surface area (Å²) in [7, 11) is 0. The second kappa shape index (κ2) is 8.25. The molecule has 0 aromatic heterocycles. The molecule has 1 aliphatic heterocycles. The quantitative estimate of drug-likeness (QED) is 0.878. The van der Waals surface area contributed by atoms with Gasteiger partial charge in [-0.2, -0.15) is 0 Å². The van der Waals surface area contributed by atoms with Gasteiger partial charge in [-0.25, -0.2) is 0 Å². The minimum absolute atomic E-state index is 0. The van der Waals surface area contributed by atoms with E-state index in [-0.39, 0.29) is 24.4 Å². The van der Waals surface area contributed by atoms with Gasteiger partial charge in [0, 0.05) is 12.6 Å². The summed E-state index contributed by atoms with van der Waals surface area (Å²) < 4.78 is 5.74. The molecule has 2 atom stereocenters. The van der Waals surface area contributed by atoms with Crippen molar-refractivity contribution in [3.63, 3.8) is 0 Å². The minimum atomic E-state index is -0.474. The maximum atomic E-state index is 12.1. The topological polar surface area (TPSA) is 50.4 Å². The molecule has 1 amide bonds. The first-order valence-corrected chi connectivity index (χ1v) is 7.34. The summed E-state index contributed by atoms with van der Waals surface area (Å²) in [6, 6.07) is 8.18. The third-order valence-corrected chi connectivity index (χ3v) is 3.61. The van der Waals surface area contributed by atoms with Crippen LogP contribution < -0.4 is 15.4 Å². The van der Waals surface area contributed by atoms with Crippen molar-refractivity contribution in [1.82, 2.24) is 10.6 Å². The molecule has 0 bridgehead atoms. The summed E-state index contributed by atoms with van der Waals surface area (Å²) in [6.07, 6.45) is 0.513. The Kier molecular flexibility index (Phi) is 6.99. The Labute approximate surface area is 133 Å². The second-order valence-corrected chi connectivity index (χ2v) is 5.69. The zero-order valence-corrected chi connectivity index (χ0v) is 13.7. The third-order valence-electron chi connectivity index (χ3n) is 3.61. The van der Waals surface area contributed by atoms with Crippen molar-refractivity contribution in [3.8, 4) is 5.75 Å². The molecule has 1 aromatic carbocycles. The first kappa shape index (κ1) is 17.8. The van der Waals surface area contributed by atoms with E-state index in [1.54, 1.807) is 6.92 Å². The number of hydrogen-bond acceptors (Lipinski definition) is 3. The highest BCUT2D eigenvalue weighted by molar-refractivity contribution is 5.85. The van der Waals surface area contributed by atoms with Gasteiger partial charge in [0.15, 0.2) is 6.10 Å². The molecular formula is C16H25ClN2O2. The molecule has 0 radical (unpaired) electrons. The lowest BCUT2D eigenvalue weighted by atomic mass is 10.0. The van der Waals surface area contributed by atoms with Crippen LogP contribution in [-0.2, 0) is 4.79 Å². The fraction of sp³-hybridized carbons (Fsp3) is 0.562. The predicted molar refractivity (Wildman–Crippen MR) is 87.3 cm³/mol. The van der Waals surface area contributed by atoms with Gasteiger partial charge < -0.3 is 15.4 Å². The van der Waals surface area contributed by atoms with Crippen LogP contribution in [0, 0.1) is 0 Å². The normalized spacial score (nSPS) is 19.0. The molecule has 1 aliphatic rings. The molecule has 21 heavy (non-hydrogen) atoms. The zero-order chi connectivity index (χ0) is 14.5. The van der Waals surface area contributed by atoms with Gasteiger partial charge in [-0.3, -0.25) is 4.79 Å². The van der Waals surface area contributed by atoms with Gasteiger partial charge in [-0.05, 0) is 43.5 Å². The molecular weight excluding hydrogens is 288 g/mol. The van der Waals surface area contributed by atoms with E-state index in [0.717, 1.165) is 25.3 Å². The van der Waals surface area contributed by atoms with E-state index >= 15 is 0 Å². The smallest absolute Gasteiger partial charge is 0.261 e. The standard InChI is InChI=1S/C16H24N2O2.ClH/c1-11(2)13-5-4-6-15(9-13)20-12(3)16(19)18-14-7-8-17-10-14;/h4-6,9,11-12,14,17H,7-8,10H2,1-3H3,(H,18,19);1H. The van der Waals surface area contributed by atoms with Gasteiger partial charge >= 0.3 is 0 Å². The highest BCUT2D eigenvalue weighted by Gasteiger charge is 2.21. The highest BCUT2D eigenvalue weighted by atomic mass is 35.5. The number of halogens is 1. The van der Waals surface area contributed by atoms with Crippen molar-refractivity contribution in [2.24, 2.45) is 0 Å². The van der Waals surface area contributed by atoms with Gasteiger partial charge in [0.05, 0.1) is 0 Å². The number of ether oxygens (including phenoxy) is 1. The molecule has 0 spiro atoms. The maximum Gasteiger partial charge on any atom is 0.261 e. The molecule has 5 heteroatoms. The first-order valence-electron chi connectivity index (χ1n) is 7.34. The fourth-order valence-electron chi connectivity index (χ4n) is 2.30. The van der Waals surface area contributed by atoms with Crippen LogP contribution in [0.5, 0.6) is 5.75 Å². The highest BCUT2D eigenvalue weighted by Crippen LogP contribution is 2.21. The molecule has 0 aliphatic carbocycles. The van der Waals surface area contributed by atoms with Gasteiger partial charge in [0.1, 0.15) is 5.75 Å². The van der Waals surface area contributed by atoms with Gasteiger partial charge in [-0.1, -0.05) is 26.0 Å². The summed E-state index contributed by atoms with van der Waals surface area (Å²) in [5.74, 6) is 1.16. The molecule has 2 N–H and O–H groups in total. The van der Waals surface area contributed by atoms with Crippen LogP contribution in [-0.4, -0.2) is 31.1 Å². The Morgan fingerprint density at radius 3 is 2.76 bits per heavy atom. The fourth-order valence-corrected chi connectivity index (χ4v) is 2.30. The van der Waals surface area contributed by atoms with E-state index < -0.39 is 6.10 Å². The van der Waals surface area contributed by atoms with Crippen molar-refractivity contribution in [1.29, 1.82) is 0 Å². The molecule has 2 rings (SSSR count). The second-order valence-electron chi connectivity index (χ2n) is 5.69. The van der Waals surface area contributed by atoms with E-state index in [1.165, 1.54) is 5.56 Å². The summed E-state index contributed by atoms with van der Waals surface area (Å²) >= 11 is 0. The Hall–Kier alpha value is -1.26. The third kappa shape index (κ3) is 5.21. The lowest BCUT2D eigenvalue weighted by Gasteiger charge is -2.18. The van der Waals surface area contributed by atoms with Crippen LogP contribution in [0.2, 0.25) is 0 Å². The lowest BCUT2D eigenvalue weighted by Crippen LogP contribution is -2.43. The summed E-state index contributed by atoms with van der Waals surface area (Å²) in [4.78, 5) is 12.1. The molecule has 1 fully saturated rings. The molecule has 4 nitrogen and oxygen atoms in total. The van der Waals surface area contributed by atoms with Crippen LogP contribution in [0.15, 0.2) is 24.3 Å². The Morgan fingerprint density at radius 1 is 1.38 bits per heavy atom.